The predicted octanol–water partition coefficient (Wildman–Crippen LogP) is 2.45. The van der Waals surface area contributed by atoms with Gasteiger partial charge >= 0.3 is 5.97 Å². The van der Waals surface area contributed by atoms with Crippen LogP contribution in [0.3, 0.4) is 0 Å². The van der Waals surface area contributed by atoms with Crippen molar-refractivity contribution in [3.8, 4) is 5.69 Å². The van der Waals surface area contributed by atoms with Gasteiger partial charge in [-0.3, -0.25) is 4.79 Å². The molecule has 6 heteroatoms. The molecule has 4 rings (SSSR count). The number of fused-ring (bicyclic) bond motifs is 2. The third-order valence-electron chi connectivity index (χ3n) is 5.25. The Kier molecular flexibility index (Phi) is 3.72. The number of halogens is 1. The van der Waals surface area contributed by atoms with Gasteiger partial charge in [-0.2, -0.15) is 5.10 Å². The molecule has 0 bridgehead atoms. The molecule has 1 aliphatic carbocycles. The third kappa shape index (κ3) is 2.48. The number of benzene rings is 1. The van der Waals surface area contributed by atoms with E-state index in [1.54, 1.807) is 23.0 Å². The summed E-state index contributed by atoms with van der Waals surface area (Å²) in [6.45, 7) is 1.55. The molecule has 0 spiro atoms. The van der Waals surface area contributed by atoms with Crippen molar-refractivity contribution in [3.05, 3.63) is 53.1 Å². The van der Waals surface area contributed by atoms with Crippen LogP contribution in [0.1, 0.15) is 17.7 Å². The smallest absolute Gasteiger partial charge is 0.317 e. The number of carbonyl (C=O) groups is 1. The van der Waals surface area contributed by atoms with Gasteiger partial charge in [0, 0.05) is 13.1 Å². The van der Waals surface area contributed by atoms with Crippen LogP contribution in [0, 0.1) is 11.2 Å². The molecule has 2 aliphatic rings. The maximum atomic E-state index is 13.2. The Morgan fingerprint density at radius 2 is 2.08 bits per heavy atom. The van der Waals surface area contributed by atoms with Crippen molar-refractivity contribution in [2.45, 2.75) is 12.8 Å². The Morgan fingerprint density at radius 1 is 1.32 bits per heavy atom. The molecule has 0 unspecified atom stereocenters. The number of piperidine rings is 1. The molecule has 25 heavy (non-hydrogen) atoms. The van der Waals surface area contributed by atoms with Crippen molar-refractivity contribution in [3.63, 3.8) is 0 Å². The second-order valence-electron chi connectivity index (χ2n) is 6.85. The van der Waals surface area contributed by atoms with E-state index in [1.807, 2.05) is 7.05 Å². The number of aromatic nitrogens is 2. The van der Waals surface area contributed by atoms with E-state index in [2.05, 4.69) is 16.1 Å². The fourth-order valence-electron chi connectivity index (χ4n) is 3.99. The topological polar surface area (TPSA) is 47.4 Å². The molecular weight excluding hydrogens is 321 g/mol. The van der Waals surface area contributed by atoms with E-state index in [-0.39, 0.29) is 11.8 Å². The van der Waals surface area contributed by atoms with Gasteiger partial charge in [-0.15, -0.1) is 0 Å². The molecule has 2 aromatic rings. The zero-order valence-corrected chi connectivity index (χ0v) is 14.3. The second-order valence-corrected chi connectivity index (χ2v) is 6.85. The first kappa shape index (κ1) is 16.0. The van der Waals surface area contributed by atoms with Crippen molar-refractivity contribution in [1.29, 1.82) is 0 Å². The lowest BCUT2D eigenvalue weighted by Gasteiger charge is -2.43. The van der Waals surface area contributed by atoms with Crippen LogP contribution in [-0.4, -0.2) is 47.9 Å². The Morgan fingerprint density at radius 3 is 2.80 bits per heavy atom. The van der Waals surface area contributed by atoms with E-state index < -0.39 is 5.41 Å². The van der Waals surface area contributed by atoms with Crippen LogP contribution < -0.4 is 0 Å². The molecule has 0 radical (unpaired) electrons. The molecule has 1 aliphatic heterocycles. The summed E-state index contributed by atoms with van der Waals surface area (Å²) in [5, 5.41) is 4.47. The lowest BCUT2D eigenvalue weighted by molar-refractivity contribution is -0.152. The summed E-state index contributed by atoms with van der Waals surface area (Å²) in [5.74, 6) is -0.464. The van der Waals surface area contributed by atoms with E-state index >= 15 is 0 Å². The van der Waals surface area contributed by atoms with Crippen LogP contribution in [0.2, 0.25) is 0 Å². The van der Waals surface area contributed by atoms with Gasteiger partial charge in [0.1, 0.15) is 11.2 Å². The van der Waals surface area contributed by atoms with Crippen LogP contribution in [0.5, 0.6) is 0 Å². The van der Waals surface area contributed by atoms with E-state index in [4.69, 9.17) is 4.74 Å². The van der Waals surface area contributed by atoms with Crippen LogP contribution in [0.25, 0.3) is 11.8 Å². The average Bonchev–Trinajstić information content (AvgIpc) is 3.02. The van der Waals surface area contributed by atoms with Gasteiger partial charge in [0.2, 0.25) is 0 Å². The molecule has 1 aromatic carbocycles. The number of methoxy groups -OCH3 is 1. The third-order valence-corrected chi connectivity index (χ3v) is 5.25. The van der Waals surface area contributed by atoms with Crippen molar-refractivity contribution in [2.24, 2.45) is 5.41 Å². The van der Waals surface area contributed by atoms with Gasteiger partial charge in [-0.05, 0) is 61.4 Å². The number of ether oxygens (including phenoxy) is 1. The average molecular weight is 341 g/mol. The molecule has 0 amide bonds. The number of hydrogen-bond acceptors (Lipinski definition) is 4. The molecule has 1 atom stereocenters. The minimum Gasteiger partial charge on any atom is -0.468 e. The van der Waals surface area contributed by atoms with Crippen LogP contribution in [-0.2, 0) is 16.0 Å². The standard InChI is InChI=1S/C19H20FN3O2/c1-22-8-7-14-9-17-13(10-19(14,12-22)18(24)25-2)11-21-23(17)16-5-3-15(20)4-6-16/h3-6,9,11H,7-8,10,12H2,1-2H3/t19-/m0/s1. The van der Waals surface area contributed by atoms with Crippen molar-refractivity contribution in [1.82, 2.24) is 14.7 Å². The number of likely N-dealkylation sites (tertiary alicyclic amines) is 1. The molecule has 130 valence electrons. The number of nitrogens with zero attached hydrogens (tertiary/aromatic N) is 3. The van der Waals surface area contributed by atoms with E-state index in [1.165, 1.54) is 19.2 Å². The molecule has 2 heterocycles. The maximum Gasteiger partial charge on any atom is 0.317 e. The van der Waals surface area contributed by atoms with Gasteiger partial charge in [0.05, 0.1) is 24.7 Å². The first-order chi connectivity index (χ1) is 12.0. The second kappa shape index (κ2) is 5.81. The van der Waals surface area contributed by atoms with E-state index in [0.717, 1.165) is 35.5 Å². The van der Waals surface area contributed by atoms with Gasteiger partial charge in [-0.25, -0.2) is 9.07 Å². The minimum atomic E-state index is -0.634. The van der Waals surface area contributed by atoms with Gasteiger partial charge in [-0.1, -0.05) is 0 Å². The Hall–Kier alpha value is -2.47. The highest BCUT2D eigenvalue weighted by Gasteiger charge is 2.48. The largest absolute Gasteiger partial charge is 0.468 e. The molecule has 0 saturated carbocycles. The maximum absolute atomic E-state index is 13.2. The Bertz CT molecular complexity index is 856. The lowest BCUT2D eigenvalue weighted by atomic mass is 9.68. The highest BCUT2D eigenvalue weighted by atomic mass is 19.1. The number of carbonyl (C=O) groups excluding carboxylic acids is 1. The van der Waals surface area contributed by atoms with Crippen molar-refractivity contribution < 1.29 is 13.9 Å². The van der Waals surface area contributed by atoms with E-state index in [9.17, 15) is 9.18 Å². The molecular formula is C19H20FN3O2. The fourth-order valence-corrected chi connectivity index (χ4v) is 3.99. The molecule has 0 N–H and O–H groups in total. The predicted molar refractivity (Wildman–Crippen MR) is 91.8 cm³/mol. The fraction of sp³-hybridized carbons (Fsp3) is 0.368. The summed E-state index contributed by atoms with van der Waals surface area (Å²) in [6, 6.07) is 6.26. The highest BCUT2D eigenvalue weighted by molar-refractivity contribution is 5.85. The first-order valence-corrected chi connectivity index (χ1v) is 8.34. The van der Waals surface area contributed by atoms with Crippen molar-refractivity contribution in [2.75, 3.05) is 27.2 Å². The van der Waals surface area contributed by atoms with Crippen LogP contribution in [0.15, 0.2) is 36.0 Å². The first-order valence-electron chi connectivity index (χ1n) is 8.34. The molecule has 5 nitrogen and oxygen atoms in total. The number of hydrogen-bond donors (Lipinski definition) is 0. The normalized spacial score (nSPS) is 22.8. The quantitative estimate of drug-likeness (QED) is 0.787. The monoisotopic (exact) mass is 341 g/mol. The van der Waals surface area contributed by atoms with Crippen LogP contribution >= 0.6 is 0 Å². The highest BCUT2D eigenvalue weighted by Crippen LogP contribution is 2.44. The Labute approximate surface area is 145 Å². The number of rotatable bonds is 2. The van der Waals surface area contributed by atoms with Gasteiger partial charge in [0.25, 0.3) is 0 Å². The van der Waals surface area contributed by atoms with Crippen molar-refractivity contribution >= 4 is 12.0 Å². The summed E-state index contributed by atoms with van der Waals surface area (Å²) in [4.78, 5) is 14.8. The summed E-state index contributed by atoms with van der Waals surface area (Å²) in [5.41, 5.74) is 3.23. The molecule has 1 aromatic heterocycles. The Balaban J connectivity index is 1.81. The zero-order valence-electron chi connectivity index (χ0n) is 14.3. The number of esters is 1. The zero-order chi connectivity index (χ0) is 17.6. The van der Waals surface area contributed by atoms with Gasteiger partial charge < -0.3 is 9.64 Å². The van der Waals surface area contributed by atoms with Gasteiger partial charge in [0.15, 0.2) is 0 Å². The summed E-state index contributed by atoms with van der Waals surface area (Å²) < 4.78 is 20.2. The summed E-state index contributed by atoms with van der Waals surface area (Å²) in [7, 11) is 3.47. The van der Waals surface area contributed by atoms with Crippen LogP contribution in [0.4, 0.5) is 4.39 Å². The summed E-state index contributed by atoms with van der Waals surface area (Å²) >= 11 is 0. The minimum absolute atomic E-state index is 0.189. The summed E-state index contributed by atoms with van der Waals surface area (Å²) in [6.07, 6.45) is 5.26. The molecule has 1 saturated heterocycles. The van der Waals surface area contributed by atoms with E-state index in [0.29, 0.717) is 13.0 Å². The molecule has 1 fully saturated rings. The lowest BCUT2D eigenvalue weighted by Crippen LogP contribution is -2.50. The SMILES string of the molecule is COC(=O)[C@]12Cc3cnn(-c4ccc(F)cc4)c3C=C1CCN(C)C2.